The van der Waals surface area contributed by atoms with Gasteiger partial charge < -0.3 is 9.47 Å². The van der Waals surface area contributed by atoms with Crippen LogP contribution in [-0.2, 0) is 21.3 Å². The highest BCUT2D eigenvalue weighted by molar-refractivity contribution is 7.88. The van der Waals surface area contributed by atoms with E-state index >= 15 is 0 Å². The number of benzene rings is 1. The molecule has 2 rings (SSSR count). The summed E-state index contributed by atoms with van der Waals surface area (Å²) in [5.41, 5.74) is 0.921. The first-order valence-corrected chi connectivity index (χ1v) is 6.77. The summed E-state index contributed by atoms with van der Waals surface area (Å²) in [6, 6.07) is 7.33. The highest BCUT2D eigenvalue weighted by Crippen LogP contribution is 2.17. The molecule has 1 saturated heterocycles. The summed E-state index contributed by atoms with van der Waals surface area (Å²) < 4.78 is 34.6. The lowest BCUT2D eigenvalue weighted by Crippen LogP contribution is -2.38. The van der Waals surface area contributed by atoms with Gasteiger partial charge in [0.2, 0.25) is 10.0 Å². The van der Waals surface area contributed by atoms with Gasteiger partial charge in [-0.25, -0.2) is 8.42 Å². The number of hydrogen-bond donors (Lipinski definition) is 0. The Bertz CT molecular complexity index is 469. The van der Waals surface area contributed by atoms with Gasteiger partial charge in [-0.05, 0) is 17.7 Å². The lowest BCUT2D eigenvalue weighted by molar-refractivity contribution is 0.190. The minimum Gasteiger partial charge on any atom is -0.497 e. The number of hydrogen-bond acceptors (Lipinski definition) is 4. The molecule has 1 aromatic rings. The first-order chi connectivity index (χ1) is 8.12. The molecule has 1 aliphatic heterocycles. The lowest BCUT2D eigenvalue weighted by atomic mass is 10.2. The SMILES string of the molecule is COc1ccc(CN2C[CH]OCS2(=O)=O)cc1. The summed E-state index contributed by atoms with van der Waals surface area (Å²) >= 11 is 0. The molecule has 1 aliphatic rings. The summed E-state index contributed by atoms with van der Waals surface area (Å²) in [4.78, 5) is 0. The molecule has 1 radical (unpaired) electrons. The molecule has 6 heteroatoms. The minimum absolute atomic E-state index is 0.275. The van der Waals surface area contributed by atoms with E-state index < -0.39 is 10.0 Å². The van der Waals surface area contributed by atoms with Gasteiger partial charge in [0.15, 0.2) is 5.94 Å². The van der Waals surface area contributed by atoms with Crippen LogP contribution >= 0.6 is 0 Å². The van der Waals surface area contributed by atoms with E-state index in [0.29, 0.717) is 6.54 Å². The maximum atomic E-state index is 11.7. The Hall–Kier alpha value is -1.11. The summed E-state index contributed by atoms with van der Waals surface area (Å²) in [5, 5.41) is 0. The molecule has 1 heterocycles. The van der Waals surface area contributed by atoms with Crippen molar-refractivity contribution in [3.63, 3.8) is 0 Å². The molecule has 0 bridgehead atoms. The van der Waals surface area contributed by atoms with E-state index in [1.807, 2.05) is 24.3 Å². The number of rotatable bonds is 3. The van der Waals surface area contributed by atoms with Gasteiger partial charge >= 0.3 is 0 Å². The average Bonchev–Trinajstić information content (AvgIpc) is 2.33. The fourth-order valence-electron chi connectivity index (χ4n) is 1.56. The second kappa shape index (κ2) is 5.03. The van der Waals surface area contributed by atoms with Gasteiger partial charge in [-0.1, -0.05) is 12.1 Å². The maximum Gasteiger partial charge on any atom is 0.238 e. The summed E-state index contributed by atoms with van der Waals surface area (Å²) in [6.45, 7) is 2.14. The standard InChI is InChI=1S/C11H14NO4S/c1-15-11-4-2-10(3-5-11)8-12-6-7-16-9-17(12,13)14/h2-5,7H,6,8-9H2,1H3. The van der Waals surface area contributed by atoms with Crippen LogP contribution in [0.15, 0.2) is 24.3 Å². The monoisotopic (exact) mass is 256 g/mol. The molecule has 0 saturated carbocycles. The van der Waals surface area contributed by atoms with Crippen molar-refractivity contribution in [1.82, 2.24) is 4.31 Å². The van der Waals surface area contributed by atoms with E-state index in [-0.39, 0.29) is 12.5 Å². The van der Waals surface area contributed by atoms with Crippen LogP contribution in [0.1, 0.15) is 5.56 Å². The third-order valence-corrected chi connectivity index (χ3v) is 4.02. The largest absolute Gasteiger partial charge is 0.497 e. The molecule has 0 aromatic heterocycles. The number of nitrogens with zero attached hydrogens (tertiary/aromatic N) is 1. The second-order valence-electron chi connectivity index (χ2n) is 3.70. The van der Waals surface area contributed by atoms with Crippen LogP contribution < -0.4 is 4.74 Å². The first kappa shape index (κ1) is 12.3. The summed E-state index contributed by atoms with van der Waals surface area (Å²) in [6.07, 6.45) is 0. The molecule has 5 nitrogen and oxygen atoms in total. The fraction of sp³-hybridized carbons (Fsp3) is 0.364. The van der Waals surface area contributed by atoms with Crippen LogP contribution in [0.3, 0.4) is 0 Å². The third-order valence-electron chi connectivity index (χ3n) is 2.52. The normalized spacial score (nSPS) is 20.1. The van der Waals surface area contributed by atoms with Gasteiger partial charge in [-0.15, -0.1) is 0 Å². The van der Waals surface area contributed by atoms with Gasteiger partial charge in [0.05, 0.1) is 7.11 Å². The molecule has 93 valence electrons. The molecule has 0 amide bonds. The van der Waals surface area contributed by atoms with Crippen LogP contribution in [0.5, 0.6) is 5.75 Å². The van der Waals surface area contributed by atoms with Crippen molar-refractivity contribution in [2.45, 2.75) is 6.54 Å². The van der Waals surface area contributed by atoms with E-state index in [2.05, 4.69) is 0 Å². The van der Waals surface area contributed by atoms with Crippen LogP contribution in [0.25, 0.3) is 0 Å². The summed E-state index contributed by atoms with van der Waals surface area (Å²) in [5.74, 6) is 0.480. The number of sulfonamides is 1. The predicted molar refractivity (Wildman–Crippen MR) is 62.6 cm³/mol. The van der Waals surface area contributed by atoms with Crippen molar-refractivity contribution in [2.24, 2.45) is 0 Å². The van der Waals surface area contributed by atoms with Crippen molar-refractivity contribution >= 4 is 10.0 Å². The van der Waals surface area contributed by atoms with Crippen molar-refractivity contribution in [3.8, 4) is 5.75 Å². The zero-order valence-corrected chi connectivity index (χ0v) is 10.3. The number of ether oxygens (including phenoxy) is 2. The first-order valence-electron chi connectivity index (χ1n) is 5.16. The second-order valence-corrected chi connectivity index (χ2v) is 5.62. The molecular formula is C11H14NO4S. The molecule has 0 spiro atoms. The quantitative estimate of drug-likeness (QED) is 0.809. The Morgan fingerprint density at radius 1 is 1.35 bits per heavy atom. The fourth-order valence-corrected chi connectivity index (χ4v) is 2.61. The molecule has 1 fully saturated rings. The zero-order chi connectivity index (χ0) is 12.3. The third kappa shape index (κ3) is 2.96. The Morgan fingerprint density at radius 3 is 2.65 bits per heavy atom. The van der Waals surface area contributed by atoms with Crippen molar-refractivity contribution in [1.29, 1.82) is 0 Å². The molecule has 17 heavy (non-hydrogen) atoms. The van der Waals surface area contributed by atoms with Crippen molar-refractivity contribution in [2.75, 3.05) is 19.6 Å². The highest BCUT2D eigenvalue weighted by atomic mass is 32.2. The van der Waals surface area contributed by atoms with Crippen LogP contribution in [0.2, 0.25) is 0 Å². The highest BCUT2D eigenvalue weighted by Gasteiger charge is 2.26. The minimum atomic E-state index is -3.29. The Morgan fingerprint density at radius 2 is 2.06 bits per heavy atom. The van der Waals surface area contributed by atoms with Gasteiger partial charge in [0.25, 0.3) is 0 Å². The Labute approximate surface area is 101 Å². The lowest BCUT2D eigenvalue weighted by Gasteiger charge is -2.25. The molecule has 0 atom stereocenters. The van der Waals surface area contributed by atoms with E-state index in [1.165, 1.54) is 10.9 Å². The van der Waals surface area contributed by atoms with Gasteiger partial charge in [-0.2, -0.15) is 4.31 Å². The van der Waals surface area contributed by atoms with Gasteiger partial charge in [-0.3, -0.25) is 0 Å². The van der Waals surface area contributed by atoms with Crippen molar-refractivity contribution in [3.05, 3.63) is 36.4 Å². The molecule has 1 aromatic carbocycles. The predicted octanol–water partition coefficient (Wildman–Crippen LogP) is 0.976. The van der Waals surface area contributed by atoms with Crippen LogP contribution in [-0.4, -0.2) is 32.3 Å². The Balaban J connectivity index is 2.09. The topological polar surface area (TPSA) is 55.8 Å². The van der Waals surface area contributed by atoms with Gasteiger partial charge in [0.1, 0.15) is 12.4 Å². The van der Waals surface area contributed by atoms with Crippen molar-refractivity contribution < 1.29 is 17.9 Å². The zero-order valence-electron chi connectivity index (χ0n) is 9.50. The van der Waals surface area contributed by atoms with Crippen LogP contribution in [0.4, 0.5) is 0 Å². The van der Waals surface area contributed by atoms with E-state index in [9.17, 15) is 8.42 Å². The molecule has 0 aliphatic carbocycles. The van der Waals surface area contributed by atoms with E-state index in [1.54, 1.807) is 7.11 Å². The smallest absolute Gasteiger partial charge is 0.238 e. The van der Waals surface area contributed by atoms with E-state index in [0.717, 1.165) is 11.3 Å². The average molecular weight is 256 g/mol. The van der Waals surface area contributed by atoms with Crippen LogP contribution in [0, 0.1) is 6.61 Å². The molecular weight excluding hydrogens is 242 g/mol. The summed E-state index contributed by atoms with van der Waals surface area (Å²) in [7, 11) is -1.70. The molecule has 0 N–H and O–H groups in total. The number of methoxy groups -OCH3 is 1. The maximum absolute atomic E-state index is 11.7. The Kier molecular flexibility index (Phi) is 3.66. The van der Waals surface area contributed by atoms with E-state index in [4.69, 9.17) is 9.47 Å². The van der Waals surface area contributed by atoms with Gasteiger partial charge in [0, 0.05) is 13.1 Å². The molecule has 0 unspecified atom stereocenters.